The number of hydrogen-bond donors (Lipinski definition) is 1. The maximum absolute atomic E-state index is 13.3. The van der Waals surface area contributed by atoms with E-state index in [4.69, 9.17) is 10.5 Å². The first-order chi connectivity index (χ1) is 8.11. The molecule has 0 fully saturated rings. The monoisotopic (exact) mass is 231 g/mol. The van der Waals surface area contributed by atoms with E-state index in [9.17, 15) is 4.39 Å². The average molecular weight is 231 g/mol. The van der Waals surface area contributed by atoms with Crippen LogP contribution in [0.1, 0.15) is 5.56 Å². The van der Waals surface area contributed by atoms with Gasteiger partial charge in [0.1, 0.15) is 11.6 Å². The molecule has 2 aromatic rings. The largest absolute Gasteiger partial charge is 0.497 e. The highest BCUT2D eigenvalue weighted by molar-refractivity contribution is 5.72. The topological polar surface area (TPSA) is 35.2 Å². The summed E-state index contributed by atoms with van der Waals surface area (Å²) in [6.45, 7) is 1.86. The molecule has 2 N–H and O–H groups in total. The molecule has 0 amide bonds. The molecule has 0 aliphatic heterocycles. The van der Waals surface area contributed by atoms with Gasteiger partial charge in [-0.15, -0.1) is 0 Å². The molecule has 0 aromatic heterocycles. The van der Waals surface area contributed by atoms with Crippen LogP contribution in [0.15, 0.2) is 36.4 Å². The van der Waals surface area contributed by atoms with Crippen LogP contribution in [-0.2, 0) is 0 Å². The third-order valence-corrected chi connectivity index (χ3v) is 2.72. The van der Waals surface area contributed by atoms with Gasteiger partial charge in [-0.3, -0.25) is 0 Å². The minimum Gasteiger partial charge on any atom is -0.497 e. The maximum atomic E-state index is 13.3. The predicted octanol–water partition coefficient (Wildman–Crippen LogP) is 3.39. The lowest BCUT2D eigenvalue weighted by molar-refractivity contribution is 0.415. The summed E-state index contributed by atoms with van der Waals surface area (Å²) >= 11 is 0. The minimum absolute atomic E-state index is 0.161. The van der Waals surface area contributed by atoms with Gasteiger partial charge in [-0.2, -0.15) is 0 Å². The zero-order valence-corrected chi connectivity index (χ0v) is 9.83. The lowest BCUT2D eigenvalue weighted by atomic mass is 9.99. The third-order valence-electron chi connectivity index (χ3n) is 2.72. The van der Waals surface area contributed by atoms with Gasteiger partial charge < -0.3 is 10.5 Å². The first-order valence-electron chi connectivity index (χ1n) is 5.32. The van der Waals surface area contributed by atoms with E-state index < -0.39 is 0 Å². The van der Waals surface area contributed by atoms with Gasteiger partial charge in [0.25, 0.3) is 0 Å². The van der Waals surface area contributed by atoms with Crippen molar-refractivity contribution in [2.75, 3.05) is 12.8 Å². The first kappa shape index (κ1) is 11.5. The van der Waals surface area contributed by atoms with Crippen molar-refractivity contribution >= 4 is 5.69 Å². The Kier molecular flexibility index (Phi) is 3.00. The molecule has 17 heavy (non-hydrogen) atoms. The average Bonchev–Trinajstić information content (AvgIpc) is 2.34. The van der Waals surface area contributed by atoms with Crippen molar-refractivity contribution in [3.63, 3.8) is 0 Å². The fourth-order valence-corrected chi connectivity index (χ4v) is 1.79. The summed E-state index contributed by atoms with van der Waals surface area (Å²) in [6.07, 6.45) is 0. The van der Waals surface area contributed by atoms with Gasteiger partial charge in [0.05, 0.1) is 12.8 Å². The normalized spacial score (nSPS) is 10.3. The van der Waals surface area contributed by atoms with E-state index in [2.05, 4.69) is 0 Å². The first-order valence-corrected chi connectivity index (χ1v) is 5.32. The second-order valence-electron chi connectivity index (χ2n) is 3.92. The van der Waals surface area contributed by atoms with Gasteiger partial charge in [0, 0.05) is 0 Å². The second-order valence-corrected chi connectivity index (χ2v) is 3.92. The predicted molar refractivity (Wildman–Crippen MR) is 67.5 cm³/mol. The van der Waals surface area contributed by atoms with Crippen LogP contribution in [0, 0.1) is 12.7 Å². The van der Waals surface area contributed by atoms with Crippen LogP contribution in [-0.4, -0.2) is 7.11 Å². The van der Waals surface area contributed by atoms with Crippen molar-refractivity contribution in [2.24, 2.45) is 0 Å². The fraction of sp³-hybridized carbons (Fsp3) is 0.143. The molecule has 2 aromatic carbocycles. The Balaban J connectivity index is 2.56. The number of anilines is 1. The number of hydrogen-bond acceptors (Lipinski definition) is 2. The number of rotatable bonds is 2. The van der Waals surface area contributed by atoms with Crippen molar-refractivity contribution in [1.82, 2.24) is 0 Å². The van der Waals surface area contributed by atoms with E-state index in [1.807, 2.05) is 31.2 Å². The Morgan fingerprint density at radius 1 is 1.18 bits per heavy atom. The summed E-state index contributed by atoms with van der Waals surface area (Å²) in [5.41, 5.74) is 8.49. The number of halogens is 1. The van der Waals surface area contributed by atoms with Crippen molar-refractivity contribution < 1.29 is 9.13 Å². The standard InChI is InChI=1S/C14H14FNO/c1-9-6-13(15)14(16)8-12(9)10-4-3-5-11(7-10)17-2/h3-8H,16H2,1-2H3. The molecule has 88 valence electrons. The lowest BCUT2D eigenvalue weighted by Crippen LogP contribution is -1.94. The molecular weight excluding hydrogens is 217 g/mol. The Hall–Kier alpha value is -2.03. The maximum Gasteiger partial charge on any atom is 0.146 e. The second kappa shape index (κ2) is 4.45. The van der Waals surface area contributed by atoms with Crippen LogP contribution in [0.25, 0.3) is 11.1 Å². The highest BCUT2D eigenvalue weighted by Crippen LogP contribution is 2.29. The zero-order chi connectivity index (χ0) is 12.4. The van der Waals surface area contributed by atoms with E-state index in [0.29, 0.717) is 0 Å². The van der Waals surface area contributed by atoms with E-state index >= 15 is 0 Å². The molecule has 2 nitrogen and oxygen atoms in total. The Labute approximate surface area is 99.8 Å². The molecule has 0 saturated heterocycles. The van der Waals surface area contributed by atoms with Crippen LogP contribution in [0.5, 0.6) is 5.75 Å². The lowest BCUT2D eigenvalue weighted by Gasteiger charge is -2.09. The summed E-state index contributed by atoms with van der Waals surface area (Å²) in [5, 5.41) is 0. The number of ether oxygens (including phenoxy) is 1. The highest BCUT2D eigenvalue weighted by atomic mass is 19.1. The number of methoxy groups -OCH3 is 1. The van der Waals surface area contributed by atoms with Gasteiger partial charge in [-0.1, -0.05) is 12.1 Å². The third kappa shape index (κ3) is 2.23. The summed E-state index contributed by atoms with van der Waals surface area (Å²) in [5.74, 6) is 0.388. The number of aryl methyl sites for hydroxylation is 1. The summed E-state index contributed by atoms with van der Waals surface area (Å²) in [6, 6.07) is 10.7. The summed E-state index contributed by atoms with van der Waals surface area (Å²) in [7, 11) is 1.62. The van der Waals surface area contributed by atoms with Gasteiger partial charge >= 0.3 is 0 Å². The van der Waals surface area contributed by atoms with Gasteiger partial charge in [0.15, 0.2) is 0 Å². The molecule has 0 saturated carbocycles. The van der Waals surface area contributed by atoms with Crippen molar-refractivity contribution in [1.29, 1.82) is 0 Å². The van der Waals surface area contributed by atoms with Crippen LogP contribution < -0.4 is 10.5 Å². The number of benzene rings is 2. The minimum atomic E-state index is -0.380. The molecule has 0 unspecified atom stereocenters. The molecule has 3 heteroatoms. The fourth-order valence-electron chi connectivity index (χ4n) is 1.79. The Bertz CT molecular complexity index is 552. The molecule has 0 atom stereocenters. The van der Waals surface area contributed by atoms with E-state index in [1.54, 1.807) is 13.2 Å². The van der Waals surface area contributed by atoms with E-state index in [1.165, 1.54) is 6.07 Å². The highest BCUT2D eigenvalue weighted by Gasteiger charge is 2.07. The molecule has 0 spiro atoms. The van der Waals surface area contributed by atoms with Gasteiger partial charge in [0.2, 0.25) is 0 Å². The molecule has 0 radical (unpaired) electrons. The SMILES string of the molecule is COc1cccc(-c2cc(N)c(F)cc2C)c1. The number of nitrogens with two attached hydrogens (primary N) is 1. The molecule has 0 aliphatic rings. The van der Waals surface area contributed by atoms with Gasteiger partial charge in [-0.05, 0) is 47.9 Å². The summed E-state index contributed by atoms with van der Waals surface area (Å²) < 4.78 is 18.4. The molecule has 0 aliphatic carbocycles. The Morgan fingerprint density at radius 2 is 1.94 bits per heavy atom. The number of nitrogen functional groups attached to an aromatic ring is 1. The smallest absolute Gasteiger partial charge is 0.146 e. The quantitative estimate of drug-likeness (QED) is 0.804. The molecular formula is C14H14FNO. The molecule has 2 rings (SSSR count). The van der Waals surface area contributed by atoms with Crippen LogP contribution in [0.3, 0.4) is 0 Å². The van der Waals surface area contributed by atoms with Crippen molar-refractivity contribution in [3.8, 4) is 16.9 Å². The van der Waals surface area contributed by atoms with E-state index in [-0.39, 0.29) is 11.5 Å². The summed E-state index contributed by atoms with van der Waals surface area (Å²) in [4.78, 5) is 0. The van der Waals surface area contributed by atoms with Crippen molar-refractivity contribution in [3.05, 3.63) is 47.8 Å². The van der Waals surface area contributed by atoms with Crippen LogP contribution in [0.2, 0.25) is 0 Å². The van der Waals surface area contributed by atoms with Crippen LogP contribution in [0.4, 0.5) is 10.1 Å². The Morgan fingerprint density at radius 3 is 2.65 bits per heavy atom. The van der Waals surface area contributed by atoms with E-state index in [0.717, 1.165) is 22.4 Å². The zero-order valence-electron chi connectivity index (χ0n) is 9.83. The van der Waals surface area contributed by atoms with Gasteiger partial charge in [-0.25, -0.2) is 4.39 Å². The van der Waals surface area contributed by atoms with Crippen molar-refractivity contribution in [2.45, 2.75) is 6.92 Å². The molecule has 0 heterocycles. The van der Waals surface area contributed by atoms with Crippen LogP contribution >= 0.6 is 0 Å². The molecule has 0 bridgehead atoms.